The normalized spacial score (nSPS) is 28.2. The van der Waals surface area contributed by atoms with Crippen molar-refractivity contribution in [1.29, 1.82) is 0 Å². The first-order valence-electron chi connectivity index (χ1n) is 7.39. The Kier molecular flexibility index (Phi) is 3.89. The molecule has 0 aromatic heterocycles. The van der Waals surface area contributed by atoms with Crippen molar-refractivity contribution in [2.24, 2.45) is 5.92 Å². The zero-order valence-corrected chi connectivity index (χ0v) is 12.4. The fourth-order valence-corrected chi connectivity index (χ4v) is 3.93. The highest BCUT2D eigenvalue weighted by Gasteiger charge is 2.47. The maximum atomic E-state index is 12.8. The number of carboxylic acids is 1. The Bertz CT molecular complexity index is 574. The van der Waals surface area contributed by atoms with Crippen LogP contribution >= 0.6 is 11.6 Å². The number of likely N-dealkylation sites (tertiary alicyclic amines) is 1. The average Bonchev–Trinajstić information content (AvgIpc) is 2.86. The van der Waals surface area contributed by atoms with E-state index in [2.05, 4.69) is 0 Å². The van der Waals surface area contributed by atoms with Gasteiger partial charge in [0, 0.05) is 16.6 Å². The number of carbonyl (C=O) groups is 2. The van der Waals surface area contributed by atoms with Crippen LogP contribution in [0.1, 0.15) is 42.5 Å². The molecule has 0 spiro atoms. The second-order valence-corrected chi connectivity index (χ2v) is 6.36. The van der Waals surface area contributed by atoms with Crippen LogP contribution in [0.5, 0.6) is 0 Å². The van der Waals surface area contributed by atoms with Crippen molar-refractivity contribution in [2.75, 3.05) is 0 Å². The van der Waals surface area contributed by atoms with Gasteiger partial charge in [-0.1, -0.05) is 30.5 Å². The number of nitrogens with zero attached hydrogens (tertiary/aromatic N) is 1. The minimum Gasteiger partial charge on any atom is -0.480 e. The molecule has 1 saturated heterocycles. The van der Waals surface area contributed by atoms with E-state index in [9.17, 15) is 14.7 Å². The van der Waals surface area contributed by atoms with E-state index >= 15 is 0 Å². The first-order chi connectivity index (χ1) is 10.1. The number of carboxylic acid groups (broad SMARTS) is 1. The fraction of sp³-hybridized carbons (Fsp3) is 0.500. The lowest BCUT2D eigenvalue weighted by atomic mass is 9.84. The Balaban J connectivity index is 1.92. The van der Waals surface area contributed by atoms with Crippen LogP contribution in [0.2, 0.25) is 5.02 Å². The summed E-state index contributed by atoms with van der Waals surface area (Å²) in [5, 5.41) is 9.95. The van der Waals surface area contributed by atoms with Gasteiger partial charge in [-0.2, -0.15) is 0 Å². The minimum atomic E-state index is -0.903. The van der Waals surface area contributed by atoms with Gasteiger partial charge in [0.1, 0.15) is 6.04 Å². The summed E-state index contributed by atoms with van der Waals surface area (Å²) in [5.74, 6) is -0.790. The van der Waals surface area contributed by atoms with Gasteiger partial charge in [0.05, 0.1) is 0 Å². The number of aliphatic carboxylic acids is 1. The van der Waals surface area contributed by atoms with E-state index in [0.717, 1.165) is 25.7 Å². The van der Waals surface area contributed by atoms with Gasteiger partial charge >= 0.3 is 5.97 Å². The van der Waals surface area contributed by atoms with Gasteiger partial charge in [-0.05, 0) is 43.4 Å². The predicted molar refractivity (Wildman–Crippen MR) is 79.4 cm³/mol. The number of carbonyl (C=O) groups excluding carboxylic acids is 1. The molecule has 1 amide bonds. The summed E-state index contributed by atoms with van der Waals surface area (Å²) in [6, 6.07) is 6.10. The molecule has 4 nitrogen and oxygen atoms in total. The van der Waals surface area contributed by atoms with E-state index in [4.69, 9.17) is 11.6 Å². The summed E-state index contributed by atoms with van der Waals surface area (Å²) in [5.41, 5.74) is 0.472. The fourth-order valence-electron chi connectivity index (χ4n) is 3.74. The van der Waals surface area contributed by atoms with Crippen molar-refractivity contribution in [1.82, 2.24) is 4.90 Å². The Morgan fingerprint density at radius 2 is 2.00 bits per heavy atom. The van der Waals surface area contributed by atoms with Crippen molar-refractivity contribution in [3.63, 3.8) is 0 Å². The molecule has 112 valence electrons. The van der Waals surface area contributed by atoms with Gasteiger partial charge in [0.2, 0.25) is 0 Å². The maximum absolute atomic E-state index is 12.8. The minimum absolute atomic E-state index is 0.0614. The maximum Gasteiger partial charge on any atom is 0.326 e. The second kappa shape index (κ2) is 5.68. The topological polar surface area (TPSA) is 57.6 Å². The number of amides is 1. The molecule has 1 aliphatic carbocycles. The van der Waals surface area contributed by atoms with Crippen LogP contribution in [-0.2, 0) is 4.79 Å². The third kappa shape index (κ3) is 2.64. The largest absolute Gasteiger partial charge is 0.480 e. The number of rotatable bonds is 2. The van der Waals surface area contributed by atoms with Gasteiger partial charge in [-0.15, -0.1) is 0 Å². The molecule has 2 aliphatic rings. The summed E-state index contributed by atoms with van der Waals surface area (Å²) in [4.78, 5) is 25.9. The zero-order chi connectivity index (χ0) is 15.0. The molecule has 2 fully saturated rings. The van der Waals surface area contributed by atoms with Gasteiger partial charge < -0.3 is 10.0 Å². The first kappa shape index (κ1) is 14.4. The molecular weight excluding hydrogens is 290 g/mol. The molecule has 3 atom stereocenters. The number of benzene rings is 1. The average molecular weight is 308 g/mol. The summed E-state index contributed by atoms with van der Waals surface area (Å²) in [6.45, 7) is 0. The number of halogens is 1. The van der Waals surface area contributed by atoms with Crippen LogP contribution in [0, 0.1) is 5.92 Å². The standard InChI is InChI=1S/C16H18ClNO3/c17-12-6-3-5-11(8-12)15(19)18-13-7-2-1-4-10(13)9-14(18)16(20)21/h3,5-6,8,10,13-14H,1-2,4,7,9H2,(H,20,21)/t10-,13+,14+/m1/s1. The summed E-state index contributed by atoms with van der Waals surface area (Å²) in [6.07, 6.45) is 4.69. The predicted octanol–water partition coefficient (Wildman–Crippen LogP) is 3.20. The van der Waals surface area contributed by atoms with Gasteiger partial charge in [-0.25, -0.2) is 4.79 Å². The molecule has 5 heteroatoms. The molecule has 1 aliphatic heterocycles. The molecule has 0 bridgehead atoms. The quantitative estimate of drug-likeness (QED) is 0.913. The van der Waals surface area contributed by atoms with E-state index in [-0.39, 0.29) is 11.9 Å². The Morgan fingerprint density at radius 1 is 1.24 bits per heavy atom. The highest BCUT2D eigenvalue weighted by molar-refractivity contribution is 6.31. The monoisotopic (exact) mass is 307 g/mol. The Morgan fingerprint density at radius 3 is 2.71 bits per heavy atom. The highest BCUT2D eigenvalue weighted by atomic mass is 35.5. The molecule has 21 heavy (non-hydrogen) atoms. The van der Waals surface area contributed by atoms with Crippen LogP contribution < -0.4 is 0 Å². The summed E-state index contributed by atoms with van der Waals surface area (Å²) in [7, 11) is 0. The van der Waals surface area contributed by atoms with Crippen LogP contribution in [0.25, 0.3) is 0 Å². The second-order valence-electron chi connectivity index (χ2n) is 5.92. The van der Waals surface area contributed by atoms with Crippen LogP contribution in [0.15, 0.2) is 24.3 Å². The molecule has 3 rings (SSSR count). The van der Waals surface area contributed by atoms with Crippen molar-refractivity contribution >= 4 is 23.5 Å². The number of fused-ring (bicyclic) bond motifs is 1. The molecule has 0 radical (unpaired) electrons. The molecule has 1 saturated carbocycles. The van der Waals surface area contributed by atoms with E-state index in [1.807, 2.05) is 0 Å². The molecule has 1 heterocycles. The van der Waals surface area contributed by atoms with Crippen molar-refractivity contribution < 1.29 is 14.7 Å². The van der Waals surface area contributed by atoms with Gasteiger partial charge in [-0.3, -0.25) is 4.79 Å². The van der Waals surface area contributed by atoms with Crippen molar-refractivity contribution in [3.05, 3.63) is 34.9 Å². The van der Waals surface area contributed by atoms with Gasteiger partial charge in [0.25, 0.3) is 5.91 Å². The van der Waals surface area contributed by atoms with Crippen molar-refractivity contribution in [2.45, 2.75) is 44.2 Å². The molecule has 0 unspecified atom stereocenters. The Hall–Kier alpha value is -1.55. The van der Waals surface area contributed by atoms with E-state index in [1.165, 1.54) is 0 Å². The van der Waals surface area contributed by atoms with Crippen molar-refractivity contribution in [3.8, 4) is 0 Å². The Labute approximate surface area is 128 Å². The number of hydrogen-bond donors (Lipinski definition) is 1. The van der Waals surface area contributed by atoms with Crippen LogP contribution in [0.3, 0.4) is 0 Å². The van der Waals surface area contributed by atoms with Crippen LogP contribution in [-0.4, -0.2) is 34.0 Å². The van der Waals surface area contributed by atoms with Gasteiger partial charge in [0.15, 0.2) is 0 Å². The molecular formula is C16H18ClNO3. The third-order valence-electron chi connectivity index (χ3n) is 4.68. The lowest BCUT2D eigenvalue weighted by molar-refractivity contribution is -0.141. The summed E-state index contributed by atoms with van der Waals surface area (Å²) >= 11 is 5.94. The zero-order valence-electron chi connectivity index (χ0n) is 11.7. The van der Waals surface area contributed by atoms with E-state index in [0.29, 0.717) is 22.9 Å². The SMILES string of the molecule is O=C(O)[C@@H]1C[C@H]2CCCC[C@@H]2N1C(=O)c1cccc(Cl)c1. The lowest BCUT2D eigenvalue weighted by Crippen LogP contribution is -2.46. The third-order valence-corrected chi connectivity index (χ3v) is 4.91. The lowest BCUT2D eigenvalue weighted by Gasteiger charge is -2.33. The van der Waals surface area contributed by atoms with E-state index in [1.54, 1.807) is 29.2 Å². The molecule has 1 aromatic rings. The van der Waals surface area contributed by atoms with Crippen LogP contribution in [0.4, 0.5) is 0 Å². The summed E-state index contributed by atoms with van der Waals surface area (Å²) < 4.78 is 0. The smallest absolute Gasteiger partial charge is 0.326 e. The molecule has 1 aromatic carbocycles. The van der Waals surface area contributed by atoms with E-state index < -0.39 is 12.0 Å². The first-order valence-corrected chi connectivity index (χ1v) is 7.77. The molecule has 1 N–H and O–H groups in total. The highest BCUT2D eigenvalue weighted by Crippen LogP contribution is 2.40. The number of hydrogen-bond acceptors (Lipinski definition) is 2.